The van der Waals surface area contributed by atoms with Crippen molar-refractivity contribution in [1.29, 1.82) is 0 Å². The van der Waals surface area contributed by atoms with Gasteiger partial charge in [0.05, 0.1) is 26.5 Å². The van der Waals surface area contributed by atoms with Crippen molar-refractivity contribution in [2.45, 2.75) is 13.0 Å². The number of benzene rings is 2. The van der Waals surface area contributed by atoms with Gasteiger partial charge in [-0.2, -0.15) is 0 Å². The number of esters is 1. The summed E-state index contributed by atoms with van der Waals surface area (Å²) in [6.07, 6.45) is -1.34. The first-order valence-electron chi connectivity index (χ1n) is 9.98. The number of nitrogens with one attached hydrogen (secondary N) is 3. The number of carbonyl (C=O) groups excluding carboxylic acids is 4. The Morgan fingerprint density at radius 2 is 1.57 bits per heavy atom. The zero-order valence-corrected chi connectivity index (χ0v) is 18.9. The van der Waals surface area contributed by atoms with Crippen LogP contribution in [0.5, 0.6) is 11.5 Å². The third-order valence-electron chi connectivity index (χ3n) is 4.45. The fourth-order valence-electron chi connectivity index (χ4n) is 2.65. The summed E-state index contributed by atoms with van der Waals surface area (Å²) < 4.78 is 54.8. The van der Waals surface area contributed by atoms with Crippen molar-refractivity contribution < 1.29 is 46.6 Å². The largest absolute Gasteiger partial charge is 0.493 e. The van der Waals surface area contributed by atoms with Crippen LogP contribution in [0.3, 0.4) is 0 Å². The molecule has 0 fully saturated rings. The van der Waals surface area contributed by atoms with Gasteiger partial charge < -0.3 is 30.2 Å². The van der Waals surface area contributed by atoms with Gasteiger partial charge >= 0.3 is 5.97 Å². The molecule has 2 rings (SSSR count). The van der Waals surface area contributed by atoms with Crippen LogP contribution in [0.15, 0.2) is 30.3 Å². The molecule has 0 saturated carbocycles. The van der Waals surface area contributed by atoms with Crippen molar-refractivity contribution in [3.8, 4) is 11.5 Å². The summed E-state index contributed by atoms with van der Waals surface area (Å²) in [5.41, 5.74) is -0.433. The third kappa shape index (κ3) is 7.35. The lowest BCUT2D eigenvalue weighted by molar-refractivity contribution is -0.153. The summed E-state index contributed by atoms with van der Waals surface area (Å²) in [6, 6.07) is 5.81. The van der Waals surface area contributed by atoms with Gasteiger partial charge in [-0.15, -0.1) is 0 Å². The molecule has 1 atom stereocenters. The topological polar surface area (TPSA) is 132 Å². The summed E-state index contributed by atoms with van der Waals surface area (Å²) in [5.74, 6) is -7.42. The molecular weight excluding hydrogens is 475 g/mol. The van der Waals surface area contributed by atoms with Gasteiger partial charge in [-0.1, -0.05) is 0 Å². The van der Waals surface area contributed by atoms with Crippen molar-refractivity contribution in [2.24, 2.45) is 0 Å². The highest BCUT2D eigenvalue weighted by Crippen LogP contribution is 2.27. The van der Waals surface area contributed by atoms with E-state index in [4.69, 9.17) is 14.2 Å². The second-order valence-corrected chi connectivity index (χ2v) is 6.87. The number of amides is 3. The predicted molar refractivity (Wildman–Crippen MR) is 115 cm³/mol. The van der Waals surface area contributed by atoms with E-state index >= 15 is 0 Å². The Morgan fingerprint density at radius 1 is 0.886 bits per heavy atom. The fraction of sp³-hybridized carbons (Fsp3) is 0.273. The average molecular weight is 497 g/mol. The van der Waals surface area contributed by atoms with Gasteiger partial charge in [-0.05, 0) is 37.3 Å². The Labute approximate surface area is 197 Å². The standard InChI is InChI=1S/C22H22F3N3O7/c1-11(21(31)26-9-17(29)28-14-6-5-13(23)19(24)20(14)25)35-18(30)10-27-22(32)12-4-7-15(33-2)16(8-12)34-3/h4-8,11H,9-10H2,1-3H3,(H,26,31)(H,27,32)(H,28,29). The van der Waals surface area contributed by atoms with E-state index in [1.807, 2.05) is 5.32 Å². The minimum atomic E-state index is -1.76. The third-order valence-corrected chi connectivity index (χ3v) is 4.45. The molecule has 13 heteroatoms. The average Bonchev–Trinajstić information content (AvgIpc) is 2.85. The van der Waals surface area contributed by atoms with Gasteiger partial charge in [0, 0.05) is 5.56 Å². The Morgan fingerprint density at radius 3 is 2.23 bits per heavy atom. The number of methoxy groups -OCH3 is 2. The van der Waals surface area contributed by atoms with Crippen molar-refractivity contribution in [2.75, 3.05) is 32.6 Å². The lowest BCUT2D eigenvalue weighted by atomic mass is 10.2. The van der Waals surface area contributed by atoms with Crippen LogP contribution >= 0.6 is 0 Å². The summed E-state index contributed by atoms with van der Waals surface area (Å²) in [6.45, 7) is -0.00774. The van der Waals surface area contributed by atoms with Gasteiger partial charge in [-0.3, -0.25) is 19.2 Å². The number of hydrogen-bond donors (Lipinski definition) is 3. The molecule has 3 N–H and O–H groups in total. The normalized spacial score (nSPS) is 11.1. The number of ether oxygens (including phenoxy) is 3. The van der Waals surface area contributed by atoms with E-state index in [1.165, 1.54) is 39.3 Å². The molecule has 10 nitrogen and oxygen atoms in total. The molecule has 1 unspecified atom stereocenters. The minimum Gasteiger partial charge on any atom is -0.493 e. The molecule has 0 aliphatic carbocycles. The maximum absolute atomic E-state index is 13.6. The van der Waals surface area contributed by atoms with Crippen molar-refractivity contribution in [3.05, 3.63) is 53.3 Å². The molecule has 0 saturated heterocycles. The Bertz CT molecular complexity index is 1130. The molecular formula is C22H22F3N3O7. The van der Waals surface area contributed by atoms with E-state index in [2.05, 4.69) is 10.6 Å². The van der Waals surface area contributed by atoms with E-state index in [9.17, 15) is 32.3 Å². The van der Waals surface area contributed by atoms with E-state index in [0.717, 1.165) is 6.07 Å². The molecule has 0 bridgehead atoms. The van der Waals surface area contributed by atoms with E-state index < -0.39 is 66.0 Å². The number of carbonyl (C=O) groups is 4. The van der Waals surface area contributed by atoms with Crippen LogP contribution in [-0.4, -0.2) is 57.1 Å². The predicted octanol–water partition coefficient (Wildman–Crippen LogP) is 1.54. The molecule has 0 aromatic heterocycles. The Balaban J connectivity index is 1.79. The highest BCUT2D eigenvalue weighted by Gasteiger charge is 2.20. The van der Waals surface area contributed by atoms with Crippen LogP contribution in [-0.2, 0) is 19.1 Å². The fourth-order valence-corrected chi connectivity index (χ4v) is 2.65. The second kappa shape index (κ2) is 12.3. The molecule has 2 aromatic carbocycles. The highest BCUT2D eigenvalue weighted by molar-refractivity contribution is 5.97. The maximum Gasteiger partial charge on any atom is 0.326 e. The van der Waals surface area contributed by atoms with Crippen molar-refractivity contribution in [1.82, 2.24) is 10.6 Å². The van der Waals surface area contributed by atoms with Crippen LogP contribution in [0.2, 0.25) is 0 Å². The van der Waals surface area contributed by atoms with Gasteiger partial charge in [0.15, 0.2) is 35.1 Å². The first-order valence-corrected chi connectivity index (χ1v) is 9.98. The first-order chi connectivity index (χ1) is 16.6. The second-order valence-electron chi connectivity index (χ2n) is 6.87. The first kappa shape index (κ1) is 27.0. The lowest BCUT2D eigenvalue weighted by Gasteiger charge is -2.14. The summed E-state index contributed by atoms with van der Waals surface area (Å²) in [5, 5.41) is 6.43. The number of hydrogen-bond acceptors (Lipinski definition) is 7. The van der Waals surface area contributed by atoms with Gasteiger partial charge in [0.25, 0.3) is 11.8 Å². The van der Waals surface area contributed by atoms with Crippen LogP contribution in [0, 0.1) is 17.5 Å². The van der Waals surface area contributed by atoms with Gasteiger partial charge in [0.1, 0.15) is 6.54 Å². The molecule has 0 spiro atoms. The molecule has 0 aliphatic rings. The van der Waals surface area contributed by atoms with Crippen LogP contribution < -0.4 is 25.4 Å². The molecule has 0 heterocycles. The van der Waals surface area contributed by atoms with Crippen molar-refractivity contribution >= 4 is 29.4 Å². The van der Waals surface area contributed by atoms with Gasteiger partial charge in [-0.25, -0.2) is 13.2 Å². The SMILES string of the molecule is COc1ccc(C(=O)NCC(=O)OC(C)C(=O)NCC(=O)Nc2ccc(F)c(F)c2F)cc1OC. The molecule has 188 valence electrons. The Kier molecular flexibility index (Phi) is 9.44. The smallest absolute Gasteiger partial charge is 0.326 e. The number of rotatable bonds is 10. The van der Waals surface area contributed by atoms with Gasteiger partial charge in [0.2, 0.25) is 5.91 Å². The Hall–Kier alpha value is -4.29. The molecule has 3 amide bonds. The van der Waals surface area contributed by atoms with E-state index in [0.29, 0.717) is 17.6 Å². The zero-order chi connectivity index (χ0) is 26.1. The zero-order valence-electron chi connectivity index (χ0n) is 18.9. The molecule has 0 aliphatic heterocycles. The monoisotopic (exact) mass is 497 g/mol. The van der Waals surface area contributed by atoms with Crippen LogP contribution in [0.25, 0.3) is 0 Å². The van der Waals surface area contributed by atoms with Crippen LogP contribution in [0.1, 0.15) is 17.3 Å². The number of anilines is 1. The summed E-state index contributed by atoms with van der Waals surface area (Å²) in [4.78, 5) is 48.0. The highest BCUT2D eigenvalue weighted by atomic mass is 19.2. The van der Waals surface area contributed by atoms with E-state index in [-0.39, 0.29) is 5.56 Å². The quantitative estimate of drug-likeness (QED) is 0.335. The minimum absolute atomic E-state index is 0.185. The lowest BCUT2D eigenvalue weighted by Crippen LogP contribution is -2.41. The van der Waals surface area contributed by atoms with Crippen LogP contribution in [0.4, 0.5) is 18.9 Å². The van der Waals surface area contributed by atoms with E-state index in [1.54, 1.807) is 0 Å². The van der Waals surface area contributed by atoms with Crippen molar-refractivity contribution in [3.63, 3.8) is 0 Å². The maximum atomic E-state index is 13.6. The summed E-state index contributed by atoms with van der Waals surface area (Å²) >= 11 is 0. The number of halogens is 3. The molecule has 0 radical (unpaired) electrons. The molecule has 2 aromatic rings. The summed E-state index contributed by atoms with van der Waals surface area (Å²) in [7, 11) is 2.83. The molecule has 35 heavy (non-hydrogen) atoms.